The van der Waals surface area contributed by atoms with Gasteiger partial charge in [-0.25, -0.2) is 0 Å². The van der Waals surface area contributed by atoms with E-state index in [0.717, 1.165) is 16.7 Å². The Labute approximate surface area is 135 Å². The topological polar surface area (TPSA) is 66.6 Å². The number of anilines is 1. The van der Waals surface area contributed by atoms with Crippen molar-refractivity contribution in [3.05, 3.63) is 58.7 Å². The van der Waals surface area contributed by atoms with Crippen LogP contribution in [-0.2, 0) is 6.54 Å². The van der Waals surface area contributed by atoms with Crippen LogP contribution in [0, 0.1) is 6.92 Å². The van der Waals surface area contributed by atoms with E-state index >= 15 is 0 Å². The zero-order chi connectivity index (χ0) is 15.9. The number of benzene rings is 2. The second-order valence-electron chi connectivity index (χ2n) is 5.56. The number of carbonyl (C=O) groups excluding carboxylic acids is 1. The van der Waals surface area contributed by atoms with Gasteiger partial charge < -0.3 is 15.7 Å². The van der Waals surface area contributed by atoms with E-state index in [1.165, 1.54) is 0 Å². The monoisotopic (exact) mass is 314 g/mol. The number of nitrogen functional groups attached to an aromatic ring is 1. The molecular formula is C17H18N2O2S. The summed E-state index contributed by atoms with van der Waals surface area (Å²) >= 11 is 4.40. The number of amides is 1. The Balaban J connectivity index is 1.98. The predicted octanol–water partition coefficient (Wildman–Crippen LogP) is 2.91. The van der Waals surface area contributed by atoms with Gasteiger partial charge in [0.05, 0.1) is 11.6 Å². The first-order valence-electron chi connectivity index (χ1n) is 7.11. The molecule has 0 spiro atoms. The molecule has 0 aliphatic carbocycles. The lowest BCUT2D eigenvalue weighted by Crippen LogP contribution is -2.30. The van der Waals surface area contributed by atoms with Crippen LogP contribution in [0.25, 0.3) is 0 Å². The van der Waals surface area contributed by atoms with Crippen molar-refractivity contribution in [1.82, 2.24) is 4.90 Å². The lowest BCUT2D eigenvalue weighted by atomic mass is 10.0. The summed E-state index contributed by atoms with van der Waals surface area (Å²) in [6, 6.07) is 10.8. The van der Waals surface area contributed by atoms with E-state index in [1.807, 2.05) is 31.2 Å². The third kappa shape index (κ3) is 2.31. The number of fused-ring (bicyclic) bond motifs is 1. The normalized spacial score (nSPS) is 15.0. The maximum Gasteiger partial charge on any atom is 0.257 e. The molecule has 3 rings (SSSR count). The number of nitrogens with zero attached hydrogens (tertiary/aromatic N) is 1. The lowest BCUT2D eigenvalue weighted by molar-refractivity contribution is 0.0720. The van der Waals surface area contributed by atoms with E-state index in [9.17, 15) is 9.90 Å². The van der Waals surface area contributed by atoms with E-state index in [2.05, 4.69) is 12.6 Å². The first-order valence-corrected chi connectivity index (χ1v) is 7.75. The van der Waals surface area contributed by atoms with E-state index in [0.29, 0.717) is 23.5 Å². The molecule has 2 aromatic rings. The summed E-state index contributed by atoms with van der Waals surface area (Å²) in [7, 11) is 0. The highest BCUT2D eigenvalue weighted by molar-refractivity contribution is 7.80. The summed E-state index contributed by atoms with van der Waals surface area (Å²) in [5.41, 5.74) is 9.66. The predicted molar refractivity (Wildman–Crippen MR) is 90.2 cm³/mol. The first kappa shape index (κ1) is 14.8. The van der Waals surface area contributed by atoms with Crippen LogP contribution in [0.2, 0.25) is 0 Å². The highest BCUT2D eigenvalue weighted by atomic mass is 32.1. The minimum absolute atomic E-state index is 0.0767. The van der Waals surface area contributed by atoms with Crippen molar-refractivity contribution in [2.75, 3.05) is 11.5 Å². The Morgan fingerprint density at radius 1 is 1.36 bits per heavy atom. The zero-order valence-corrected chi connectivity index (χ0v) is 13.2. The molecule has 1 amide bonds. The van der Waals surface area contributed by atoms with E-state index in [4.69, 9.17) is 5.73 Å². The summed E-state index contributed by atoms with van der Waals surface area (Å²) in [5.74, 6) is 0.627. The Morgan fingerprint density at radius 2 is 2.14 bits per heavy atom. The SMILES string of the molecule is Cc1ccc(C(CS)N2Cc3cccc(N)c3C2=O)cc1O. The molecule has 0 saturated heterocycles. The third-order valence-electron chi connectivity index (χ3n) is 4.17. The first-order chi connectivity index (χ1) is 10.5. The number of nitrogens with two attached hydrogens (primary N) is 1. The van der Waals surface area contributed by atoms with Crippen LogP contribution in [0.4, 0.5) is 5.69 Å². The molecule has 1 atom stereocenters. The second-order valence-corrected chi connectivity index (χ2v) is 5.92. The summed E-state index contributed by atoms with van der Waals surface area (Å²) in [6.45, 7) is 2.35. The molecule has 0 bridgehead atoms. The number of hydrogen-bond donors (Lipinski definition) is 3. The average molecular weight is 314 g/mol. The van der Waals surface area contributed by atoms with Gasteiger partial charge in [0.15, 0.2) is 0 Å². The number of thiol groups is 1. The molecule has 0 saturated carbocycles. The molecule has 0 fully saturated rings. The minimum atomic E-state index is -0.200. The van der Waals surface area contributed by atoms with Gasteiger partial charge in [0.2, 0.25) is 0 Å². The van der Waals surface area contributed by atoms with Crippen LogP contribution in [0.1, 0.15) is 33.1 Å². The molecule has 22 heavy (non-hydrogen) atoms. The third-order valence-corrected chi connectivity index (χ3v) is 4.51. The van der Waals surface area contributed by atoms with Gasteiger partial charge in [-0.15, -0.1) is 0 Å². The quantitative estimate of drug-likeness (QED) is 0.603. The number of phenols is 1. The van der Waals surface area contributed by atoms with Crippen LogP contribution in [0.15, 0.2) is 36.4 Å². The maximum atomic E-state index is 12.7. The van der Waals surface area contributed by atoms with Crippen molar-refractivity contribution in [2.24, 2.45) is 0 Å². The van der Waals surface area contributed by atoms with Gasteiger partial charge in [-0.1, -0.05) is 24.3 Å². The molecule has 1 heterocycles. The van der Waals surface area contributed by atoms with Crippen LogP contribution in [-0.4, -0.2) is 21.7 Å². The average Bonchev–Trinajstić information content (AvgIpc) is 2.82. The molecule has 1 aliphatic rings. The standard InChI is InChI=1S/C17H18N2O2S/c1-10-5-6-11(7-15(10)20)14(9-22)19-8-12-3-2-4-13(18)16(12)17(19)21/h2-7,14,20,22H,8-9,18H2,1H3. The molecule has 1 aliphatic heterocycles. The summed E-state index contributed by atoms with van der Waals surface area (Å²) < 4.78 is 0. The van der Waals surface area contributed by atoms with Crippen molar-refractivity contribution in [3.63, 3.8) is 0 Å². The van der Waals surface area contributed by atoms with Crippen LogP contribution in [0.5, 0.6) is 5.75 Å². The van der Waals surface area contributed by atoms with E-state index in [1.54, 1.807) is 17.0 Å². The Hall–Kier alpha value is -2.14. The van der Waals surface area contributed by atoms with Crippen molar-refractivity contribution in [1.29, 1.82) is 0 Å². The molecule has 114 valence electrons. The number of aromatic hydroxyl groups is 1. The van der Waals surface area contributed by atoms with E-state index in [-0.39, 0.29) is 17.7 Å². The minimum Gasteiger partial charge on any atom is -0.508 e. The van der Waals surface area contributed by atoms with Crippen LogP contribution in [0.3, 0.4) is 0 Å². The summed E-state index contributed by atoms with van der Waals surface area (Å²) in [4.78, 5) is 14.5. The van der Waals surface area contributed by atoms with Crippen molar-refractivity contribution in [2.45, 2.75) is 19.5 Å². The Morgan fingerprint density at radius 3 is 2.77 bits per heavy atom. The molecule has 5 heteroatoms. The van der Waals surface area contributed by atoms with Crippen molar-refractivity contribution >= 4 is 24.2 Å². The van der Waals surface area contributed by atoms with Gasteiger partial charge >= 0.3 is 0 Å². The number of rotatable bonds is 3. The summed E-state index contributed by atoms with van der Waals surface area (Å²) in [5, 5.41) is 9.92. The molecule has 1 unspecified atom stereocenters. The van der Waals surface area contributed by atoms with Gasteiger partial charge in [-0.2, -0.15) is 12.6 Å². The molecule has 4 nitrogen and oxygen atoms in total. The Bertz CT molecular complexity index is 745. The fourth-order valence-electron chi connectivity index (χ4n) is 2.88. The Kier molecular flexibility index (Phi) is 3.74. The van der Waals surface area contributed by atoms with Gasteiger partial charge in [0.25, 0.3) is 5.91 Å². The molecule has 2 aromatic carbocycles. The fraction of sp³-hybridized carbons (Fsp3) is 0.235. The van der Waals surface area contributed by atoms with Gasteiger partial charge in [-0.3, -0.25) is 4.79 Å². The largest absolute Gasteiger partial charge is 0.508 e. The highest BCUT2D eigenvalue weighted by Gasteiger charge is 2.34. The molecular weight excluding hydrogens is 296 g/mol. The van der Waals surface area contributed by atoms with Gasteiger partial charge in [0, 0.05) is 18.0 Å². The van der Waals surface area contributed by atoms with E-state index < -0.39 is 0 Å². The number of carbonyl (C=O) groups is 1. The number of aryl methyl sites for hydroxylation is 1. The number of phenolic OH excluding ortho intramolecular Hbond substituents is 1. The van der Waals surface area contributed by atoms with Gasteiger partial charge in [-0.05, 0) is 35.7 Å². The van der Waals surface area contributed by atoms with Crippen molar-refractivity contribution in [3.8, 4) is 5.75 Å². The highest BCUT2D eigenvalue weighted by Crippen LogP contribution is 2.35. The van der Waals surface area contributed by atoms with Crippen molar-refractivity contribution < 1.29 is 9.90 Å². The van der Waals surface area contributed by atoms with Crippen LogP contribution >= 0.6 is 12.6 Å². The lowest BCUT2D eigenvalue weighted by Gasteiger charge is -2.27. The molecule has 3 N–H and O–H groups in total. The maximum absolute atomic E-state index is 12.7. The van der Waals surface area contributed by atoms with Crippen LogP contribution < -0.4 is 5.73 Å². The number of hydrogen-bond acceptors (Lipinski definition) is 4. The molecule has 0 aromatic heterocycles. The fourth-order valence-corrected chi connectivity index (χ4v) is 3.29. The van der Waals surface area contributed by atoms with Gasteiger partial charge in [0.1, 0.15) is 5.75 Å². The zero-order valence-electron chi connectivity index (χ0n) is 12.3. The smallest absolute Gasteiger partial charge is 0.257 e. The second kappa shape index (κ2) is 5.57. The summed E-state index contributed by atoms with van der Waals surface area (Å²) in [6.07, 6.45) is 0. The molecule has 0 radical (unpaired) electrons.